The average Bonchev–Trinajstić information content (AvgIpc) is 3.47. The Hall–Kier alpha value is -2.14. The highest BCUT2D eigenvalue weighted by Crippen LogP contribution is 2.38. The number of thiophene rings is 1. The summed E-state index contributed by atoms with van der Waals surface area (Å²) >= 11 is 1.78. The van der Waals surface area contributed by atoms with E-state index in [9.17, 15) is 9.59 Å². The molecule has 1 aliphatic carbocycles. The van der Waals surface area contributed by atoms with E-state index >= 15 is 0 Å². The maximum atomic E-state index is 13.5. The summed E-state index contributed by atoms with van der Waals surface area (Å²) in [7, 11) is 0. The molecule has 2 heterocycles. The molecule has 2 amide bonds. The van der Waals surface area contributed by atoms with Crippen LogP contribution in [-0.4, -0.2) is 40.7 Å². The standard InChI is InChI=1S/C24H30N2O2S/c1-4-17(3)26(24(28)19-9-10-19)15-22(27)25-13-11-21-20(12-14-29-21)23(25)18-7-5-16(2)6-8-18/h5-8,12,14,17,19,23H,4,9-11,13,15H2,1-3H3/t17-,23+/m1/s1. The van der Waals surface area contributed by atoms with Crippen molar-refractivity contribution < 1.29 is 9.59 Å². The van der Waals surface area contributed by atoms with Crippen LogP contribution in [0.3, 0.4) is 0 Å². The molecule has 0 bridgehead atoms. The molecule has 0 spiro atoms. The molecule has 29 heavy (non-hydrogen) atoms. The van der Waals surface area contributed by atoms with Crippen molar-refractivity contribution in [1.82, 2.24) is 9.80 Å². The smallest absolute Gasteiger partial charge is 0.243 e. The summed E-state index contributed by atoms with van der Waals surface area (Å²) in [6, 6.07) is 10.7. The Morgan fingerprint density at radius 2 is 1.93 bits per heavy atom. The summed E-state index contributed by atoms with van der Waals surface area (Å²) in [5, 5.41) is 2.13. The third-order valence-corrected chi connectivity index (χ3v) is 7.31. The Morgan fingerprint density at radius 3 is 2.59 bits per heavy atom. The number of hydrogen-bond acceptors (Lipinski definition) is 3. The monoisotopic (exact) mass is 410 g/mol. The molecule has 1 saturated carbocycles. The van der Waals surface area contributed by atoms with Crippen LogP contribution in [-0.2, 0) is 16.0 Å². The molecule has 0 radical (unpaired) electrons. The van der Waals surface area contributed by atoms with Gasteiger partial charge >= 0.3 is 0 Å². The largest absolute Gasteiger partial charge is 0.330 e. The van der Waals surface area contributed by atoms with Crippen LogP contribution in [0.2, 0.25) is 0 Å². The number of hydrogen-bond donors (Lipinski definition) is 0. The van der Waals surface area contributed by atoms with Gasteiger partial charge < -0.3 is 9.80 Å². The van der Waals surface area contributed by atoms with Crippen LogP contribution in [0.15, 0.2) is 35.7 Å². The molecule has 0 N–H and O–H groups in total. The van der Waals surface area contributed by atoms with E-state index in [0.717, 1.165) is 31.2 Å². The van der Waals surface area contributed by atoms with Crippen LogP contribution in [0.5, 0.6) is 0 Å². The van der Waals surface area contributed by atoms with Crippen molar-refractivity contribution in [3.8, 4) is 0 Å². The summed E-state index contributed by atoms with van der Waals surface area (Å²) < 4.78 is 0. The average molecular weight is 411 g/mol. The highest BCUT2D eigenvalue weighted by atomic mass is 32.1. The van der Waals surface area contributed by atoms with E-state index in [-0.39, 0.29) is 36.4 Å². The number of aryl methyl sites for hydroxylation is 1. The van der Waals surface area contributed by atoms with Crippen LogP contribution in [0.4, 0.5) is 0 Å². The van der Waals surface area contributed by atoms with Gasteiger partial charge in [-0.25, -0.2) is 0 Å². The fourth-order valence-corrected chi connectivity index (χ4v) is 5.07. The van der Waals surface area contributed by atoms with E-state index in [1.165, 1.54) is 16.0 Å². The molecule has 0 saturated heterocycles. The molecule has 1 aromatic heterocycles. The van der Waals surface area contributed by atoms with Crippen molar-refractivity contribution in [2.75, 3.05) is 13.1 Å². The summed E-state index contributed by atoms with van der Waals surface area (Å²) in [6.07, 6.45) is 3.69. The molecule has 1 aliphatic heterocycles. The van der Waals surface area contributed by atoms with E-state index in [1.54, 1.807) is 11.3 Å². The number of rotatable bonds is 6. The molecule has 5 heteroatoms. The first-order chi connectivity index (χ1) is 14.0. The molecule has 0 unspecified atom stereocenters. The van der Waals surface area contributed by atoms with Gasteiger partial charge in [0.05, 0.1) is 6.04 Å². The van der Waals surface area contributed by atoms with Gasteiger partial charge in [0, 0.05) is 23.4 Å². The second-order valence-corrected chi connectivity index (χ2v) is 9.45. The minimum absolute atomic E-state index is 0.0572. The molecular weight excluding hydrogens is 380 g/mol. The van der Waals surface area contributed by atoms with Crippen molar-refractivity contribution in [1.29, 1.82) is 0 Å². The van der Waals surface area contributed by atoms with Crippen LogP contribution in [0.1, 0.15) is 60.7 Å². The lowest BCUT2D eigenvalue weighted by molar-refractivity contribution is -0.144. The van der Waals surface area contributed by atoms with Gasteiger partial charge in [-0.15, -0.1) is 11.3 Å². The van der Waals surface area contributed by atoms with Gasteiger partial charge in [-0.05, 0) is 62.1 Å². The fourth-order valence-electron chi connectivity index (χ4n) is 4.17. The van der Waals surface area contributed by atoms with Gasteiger partial charge in [-0.3, -0.25) is 9.59 Å². The number of carbonyl (C=O) groups is 2. The Kier molecular flexibility index (Phi) is 5.77. The second-order valence-electron chi connectivity index (χ2n) is 8.45. The lowest BCUT2D eigenvalue weighted by Crippen LogP contribution is -2.49. The van der Waals surface area contributed by atoms with Gasteiger partial charge in [-0.2, -0.15) is 0 Å². The van der Waals surface area contributed by atoms with Crippen molar-refractivity contribution >= 4 is 23.2 Å². The van der Waals surface area contributed by atoms with Crippen molar-refractivity contribution in [2.45, 2.75) is 58.5 Å². The highest BCUT2D eigenvalue weighted by Gasteiger charge is 2.38. The quantitative estimate of drug-likeness (QED) is 0.700. The molecule has 1 aromatic carbocycles. The van der Waals surface area contributed by atoms with Crippen LogP contribution >= 0.6 is 11.3 Å². The van der Waals surface area contributed by atoms with Crippen molar-refractivity contribution in [3.05, 3.63) is 57.3 Å². The molecule has 2 aromatic rings. The molecule has 4 rings (SSSR count). The molecule has 154 valence electrons. The number of carbonyl (C=O) groups excluding carboxylic acids is 2. The maximum Gasteiger partial charge on any atom is 0.243 e. The first kappa shape index (κ1) is 20.1. The lowest BCUT2D eigenvalue weighted by atomic mass is 9.92. The van der Waals surface area contributed by atoms with Gasteiger partial charge in [-0.1, -0.05) is 36.8 Å². The van der Waals surface area contributed by atoms with E-state index < -0.39 is 0 Å². The molecule has 1 fully saturated rings. The SMILES string of the molecule is CC[C@@H](C)N(CC(=O)N1CCc2sccc2[C@@H]1c1ccc(C)cc1)C(=O)C1CC1. The van der Waals surface area contributed by atoms with E-state index in [4.69, 9.17) is 0 Å². The van der Waals surface area contributed by atoms with E-state index in [2.05, 4.69) is 56.5 Å². The Balaban J connectivity index is 1.61. The fraction of sp³-hybridized carbons (Fsp3) is 0.500. The molecule has 2 atom stereocenters. The minimum Gasteiger partial charge on any atom is -0.330 e. The minimum atomic E-state index is -0.0621. The molecule has 4 nitrogen and oxygen atoms in total. The predicted octanol–water partition coefficient (Wildman–Crippen LogP) is 4.57. The zero-order valence-corrected chi connectivity index (χ0v) is 18.4. The van der Waals surface area contributed by atoms with Gasteiger partial charge in [0.2, 0.25) is 11.8 Å². The Morgan fingerprint density at radius 1 is 1.21 bits per heavy atom. The first-order valence-electron chi connectivity index (χ1n) is 10.7. The van der Waals surface area contributed by atoms with E-state index in [1.807, 2.05) is 9.80 Å². The Labute approximate surface area is 177 Å². The van der Waals surface area contributed by atoms with Crippen LogP contribution in [0.25, 0.3) is 0 Å². The number of fused-ring (bicyclic) bond motifs is 1. The summed E-state index contributed by atoms with van der Waals surface area (Å²) in [4.78, 5) is 31.5. The summed E-state index contributed by atoms with van der Waals surface area (Å²) in [6.45, 7) is 7.11. The topological polar surface area (TPSA) is 40.6 Å². The molecular formula is C24H30N2O2S. The van der Waals surface area contributed by atoms with E-state index in [0.29, 0.717) is 6.54 Å². The summed E-state index contributed by atoms with van der Waals surface area (Å²) in [5.74, 6) is 0.351. The van der Waals surface area contributed by atoms with Crippen molar-refractivity contribution in [3.63, 3.8) is 0 Å². The summed E-state index contributed by atoms with van der Waals surface area (Å²) in [5.41, 5.74) is 3.60. The number of amides is 2. The maximum absolute atomic E-state index is 13.5. The van der Waals surface area contributed by atoms with Gasteiger partial charge in [0.15, 0.2) is 0 Å². The highest BCUT2D eigenvalue weighted by molar-refractivity contribution is 7.10. The van der Waals surface area contributed by atoms with Gasteiger partial charge in [0.25, 0.3) is 0 Å². The zero-order chi connectivity index (χ0) is 20.5. The third kappa shape index (κ3) is 4.11. The first-order valence-corrected chi connectivity index (χ1v) is 11.6. The van der Waals surface area contributed by atoms with Crippen molar-refractivity contribution in [2.24, 2.45) is 5.92 Å². The molecule has 2 aliphatic rings. The predicted molar refractivity (Wildman–Crippen MR) is 117 cm³/mol. The number of nitrogens with zero attached hydrogens (tertiary/aromatic N) is 2. The lowest BCUT2D eigenvalue weighted by Gasteiger charge is -2.38. The normalized spacial score (nSPS) is 19.6. The number of benzene rings is 1. The second kappa shape index (κ2) is 8.31. The zero-order valence-electron chi connectivity index (χ0n) is 17.6. The Bertz CT molecular complexity index is 885. The van der Waals surface area contributed by atoms with Gasteiger partial charge in [0.1, 0.15) is 6.54 Å². The van der Waals surface area contributed by atoms with Crippen LogP contribution < -0.4 is 0 Å². The third-order valence-electron chi connectivity index (χ3n) is 6.32. The van der Waals surface area contributed by atoms with Crippen LogP contribution in [0, 0.1) is 12.8 Å².